The van der Waals surface area contributed by atoms with E-state index in [2.05, 4.69) is 5.32 Å². The number of Topliss-reactive ketones (excluding diaryl/α,β-unsaturated/α-hetero) is 1. The van der Waals surface area contributed by atoms with Crippen LogP contribution in [0.5, 0.6) is 5.75 Å². The molecule has 0 heterocycles. The van der Waals surface area contributed by atoms with E-state index in [1.54, 1.807) is 13.2 Å². The van der Waals surface area contributed by atoms with Gasteiger partial charge in [0.05, 0.1) is 13.7 Å². The minimum Gasteiger partial charge on any atom is -0.497 e. The van der Waals surface area contributed by atoms with Gasteiger partial charge in [0.2, 0.25) is 0 Å². The quantitative estimate of drug-likeness (QED) is 0.559. The fourth-order valence-corrected chi connectivity index (χ4v) is 1.74. The molecule has 0 bridgehead atoms. The highest BCUT2D eigenvalue weighted by molar-refractivity contribution is 5.97. The molecule has 1 aromatic carbocycles. The van der Waals surface area contributed by atoms with Gasteiger partial charge in [0.25, 0.3) is 0 Å². The zero-order chi connectivity index (χ0) is 13.4. The minimum absolute atomic E-state index is 0.126. The Morgan fingerprint density at radius 1 is 1.44 bits per heavy atom. The number of hydrogen-bond donors (Lipinski definition) is 1. The number of benzene rings is 1. The van der Waals surface area contributed by atoms with Crippen LogP contribution in [-0.4, -0.2) is 51.5 Å². The van der Waals surface area contributed by atoms with E-state index in [0.29, 0.717) is 12.1 Å². The van der Waals surface area contributed by atoms with E-state index in [4.69, 9.17) is 4.74 Å². The first-order chi connectivity index (χ1) is 8.67. The van der Waals surface area contributed by atoms with Crippen molar-refractivity contribution in [1.82, 2.24) is 10.2 Å². The van der Waals surface area contributed by atoms with Gasteiger partial charge in [-0.05, 0) is 45.7 Å². The Morgan fingerprint density at radius 3 is 2.89 bits per heavy atom. The van der Waals surface area contributed by atoms with Crippen LogP contribution in [0.2, 0.25) is 0 Å². The molecule has 4 nitrogen and oxygen atoms in total. The molecule has 0 radical (unpaired) electrons. The zero-order valence-electron chi connectivity index (χ0n) is 11.4. The third-order valence-corrected chi connectivity index (χ3v) is 2.77. The number of carbonyl (C=O) groups is 1. The number of carbonyl (C=O) groups excluding carboxylic acids is 1. The molecule has 0 saturated heterocycles. The highest BCUT2D eigenvalue weighted by Gasteiger charge is 2.09. The van der Waals surface area contributed by atoms with Gasteiger partial charge in [0.15, 0.2) is 5.78 Å². The summed E-state index contributed by atoms with van der Waals surface area (Å²) in [6.45, 7) is 2.32. The molecule has 0 amide bonds. The van der Waals surface area contributed by atoms with Gasteiger partial charge < -0.3 is 10.1 Å². The van der Waals surface area contributed by atoms with E-state index >= 15 is 0 Å². The van der Waals surface area contributed by atoms with Crippen molar-refractivity contribution in [2.24, 2.45) is 0 Å². The SMILES string of the molecule is CNCCCN(C)CC(=O)c1cccc(OC)c1. The first-order valence-electron chi connectivity index (χ1n) is 6.17. The van der Waals surface area contributed by atoms with Gasteiger partial charge in [-0.2, -0.15) is 0 Å². The van der Waals surface area contributed by atoms with E-state index < -0.39 is 0 Å². The normalized spacial score (nSPS) is 10.7. The number of methoxy groups -OCH3 is 1. The maximum Gasteiger partial charge on any atom is 0.176 e. The molecule has 0 fully saturated rings. The zero-order valence-corrected chi connectivity index (χ0v) is 11.4. The first kappa shape index (κ1) is 14.7. The Kier molecular flexibility index (Phi) is 6.39. The second kappa shape index (κ2) is 7.84. The summed E-state index contributed by atoms with van der Waals surface area (Å²) >= 11 is 0. The lowest BCUT2D eigenvalue weighted by Gasteiger charge is -2.15. The number of ether oxygens (including phenoxy) is 1. The molecule has 18 heavy (non-hydrogen) atoms. The number of hydrogen-bond acceptors (Lipinski definition) is 4. The van der Waals surface area contributed by atoms with Crippen molar-refractivity contribution in [2.75, 3.05) is 40.8 Å². The van der Waals surface area contributed by atoms with E-state index in [1.165, 1.54) is 0 Å². The summed E-state index contributed by atoms with van der Waals surface area (Å²) in [5, 5.41) is 3.10. The third kappa shape index (κ3) is 4.85. The average Bonchev–Trinajstić information content (AvgIpc) is 2.39. The van der Waals surface area contributed by atoms with Crippen molar-refractivity contribution in [3.63, 3.8) is 0 Å². The lowest BCUT2D eigenvalue weighted by Crippen LogP contribution is -2.28. The summed E-state index contributed by atoms with van der Waals surface area (Å²) in [7, 11) is 5.50. The van der Waals surface area contributed by atoms with Crippen LogP contribution in [0.4, 0.5) is 0 Å². The lowest BCUT2D eigenvalue weighted by atomic mass is 10.1. The largest absolute Gasteiger partial charge is 0.497 e. The Morgan fingerprint density at radius 2 is 2.22 bits per heavy atom. The van der Waals surface area contributed by atoms with Gasteiger partial charge in [-0.25, -0.2) is 0 Å². The summed E-state index contributed by atoms with van der Waals surface area (Å²) in [4.78, 5) is 14.1. The minimum atomic E-state index is 0.126. The van der Waals surface area contributed by atoms with Crippen molar-refractivity contribution >= 4 is 5.78 Å². The summed E-state index contributed by atoms with van der Waals surface area (Å²) in [6, 6.07) is 7.29. The molecule has 1 N–H and O–H groups in total. The molecule has 0 aromatic heterocycles. The van der Waals surface area contributed by atoms with Crippen molar-refractivity contribution in [3.05, 3.63) is 29.8 Å². The molecule has 0 saturated carbocycles. The van der Waals surface area contributed by atoms with Crippen LogP contribution >= 0.6 is 0 Å². The van der Waals surface area contributed by atoms with Crippen LogP contribution in [0.25, 0.3) is 0 Å². The van der Waals surface area contributed by atoms with Crippen molar-refractivity contribution < 1.29 is 9.53 Å². The van der Waals surface area contributed by atoms with E-state index in [1.807, 2.05) is 37.2 Å². The molecule has 0 spiro atoms. The highest BCUT2D eigenvalue weighted by Crippen LogP contribution is 2.13. The second-order valence-electron chi connectivity index (χ2n) is 4.35. The molecule has 0 aliphatic rings. The van der Waals surface area contributed by atoms with Crippen LogP contribution in [0.1, 0.15) is 16.8 Å². The average molecular weight is 250 g/mol. The summed E-state index contributed by atoms with van der Waals surface area (Å²) in [5.74, 6) is 0.847. The molecule has 0 unspecified atom stereocenters. The topological polar surface area (TPSA) is 41.6 Å². The maximum absolute atomic E-state index is 12.0. The van der Waals surface area contributed by atoms with Crippen molar-refractivity contribution in [3.8, 4) is 5.75 Å². The smallest absolute Gasteiger partial charge is 0.176 e. The van der Waals surface area contributed by atoms with Crippen LogP contribution in [-0.2, 0) is 0 Å². The molecule has 100 valence electrons. The fraction of sp³-hybridized carbons (Fsp3) is 0.500. The predicted octanol–water partition coefficient (Wildman–Crippen LogP) is 1.42. The van der Waals surface area contributed by atoms with E-state index in [-0.39, 0.29) is 5.78 Å². The van der Waals surface area contributed by atoms with Gasteiger partial charge in [-0.15, -0.1) is 0 Å². The number of ketones is 1. The summed E-state index contributed by atoms with van der Waals surface area (Å²) in [5.41, 5.74) is 0.704. The summed E-state index contributed by atoms with van der Waals surface area (Å²) < 4.78 is 5.12. The Bertz CT molecular complexity index is 380. The molecule has 1 rings (SSSR count). The van der Waals surface area contributed by atoms with Gasteiger partial charge in [0.1, 0.15) is 5.75 Å². The number of nitrogens with zero attached hydrogens (tertiary/aromatic N) is 1. The summed E-state index contributed by atoms with van der Waals surface area (Å²) in [6.07, 6.45) is 1.04. The number of rotatable bonds is 8. The van der Waals surface area contributed by atoms with Crippen molar-refractivity contribution in [1.29, 1.82) is 0 Å². The third-order valence-electron chi connectivity index (χ3n) is 2.77. The monoisotopic (exact) mass is 250 g/mol. The molecular formula is C14H22N2O2. The van der Waals surface area contributed by atoms with Gasteiger partial charge in [0, 0.05) is 5.56 Å². The van der Waals surface area contributed by atoms with E-state index in [0.717, 1.165) is 25.3 Å². The standard InChI is InChI=1S/C14H22N2O2/c1-15-8-5-9-16(2)11-14(17)12-6-4-7-13(10-12)18-3/h4,6-7,10,15H,5,8-9,11H2,1-3H3. The molecular weight excluding hydrogens is 228 g/mol. The predicted molar refractivity (Wildman–Crippen MR) is 73.4 cm³/mol. The van der Waals surface area contributed by atoms with Crippen molar-refractivity contribution in [2.45, 2.75) is 6.42 Å². The van der Waals surface area contributed by atoms with Crippen LogP contribution in [0, 0.1) is 0 Å². The lowest BCUT2D eigenvalue weighted by molar-refractivity contribution is 0.0945. The van der Waals surface area contributed by atoms with Crippen LogP contribution in [0.15, 0.2) is 24.3 Å². The van der Waals surface area contributed by atoms with Crippen LogP contribution < -0.4 is 10.1 Å². The van der Waals surface area contributed by atoms with Gasteiger partial charge in [-0.1, -0.05) is 12.1 Å². The Hall–Kier alpha value is -1.39. The molecule has 4 heteroatoms. The van der Waals surface area contributed by atoms with Gasteiger partial charge >= 0.3 is 0 Å². The second-order valence-corrected chi connectivity index (χ2v) is 4.35. The molecule has 1 aromatic rings. The Balaban J connectivity index is 2.48. The van der Waals surface area contributed by atoms with E-state index in [9.17, 15) is 4.79 Å². The first-order valence-corrected chi connectivity index (χ1v) is 6.17. The fourth-order valence-electron chi connectivity index (χ4n) is 1.74. The van der Waals surface area contributed by atoms with Gasteiger partial charge in [-0.3, -0.25) is 9.69 Å². The van der Waals surface area contributed by atoms with Crippen LogP contribution in [0.3, 0.4) is 0 Å². The Labute approximate surface area is 109 Å². The molecule has 0 aliphatic carbocycles. The maximum atomic E-state index is 12.0. The molecule has 0 atom stereocenters. The highest BCUT2D eigenvalue weighted by atomic mass is 16.5. The number of nitrogens with one attached hydrogen (secondary N) is 1. The molecule has 0 aliphatic heterocycles. The number of likely N-dealkylation sites (N-methyl/N-ethyl adjacent to an activating group) is 1.